The molecule has 0 saturated carbocycles. The number of pyridine rings is 1. The Kier molecular flexibility index (Phi) is 4.41. The highest BCUT2D eigenvalue weighted by molar-refractivity contribution is 7.92. The van der Waals surface area contributed by atoms with E-state index in [0.29, 0.717) is 18.3 Å². The minimum Gasteiger partial charge on any atom is -0.363 e. The maximum absolute atomic E-state index is 12.2. The second-order valence-electron chi connectivity index (χ2n) is 4.74. The zero-order chi connectivity index (χ0) is 14.6. The summed E-state index contributed by atoms with van der Waals surface area (Å²) in [5.41, 5.74) is 1.32. The van der Waals surface area contributed by atoms with Crippen LogP contribution in [0.2, 0.25) is 0 Å². The van der Waals surface area contributed by atoms with Crippen molar-refractivity contribution in [1.82, 2.24) is 15.3 Å². The second kappa shape index (κ2) is 6.06. The van der Waals surface area contributed by atoms with E-state index >= 15 is 0 Å². The number of rotatable bonds is 6. The number of nitrogens with zero attached hydrogens (tertiary/aromatic N) is 1. The lowest BCUT2D eigenvalue weighted by molar-refractivity contribution is 0.582. The third-order valence-electron chi connectivity index (χ3n) is 2.66. The molecule has 0 aromatic carbocycles. The molecule has 108 valence electrons. The Morgan fingerprint density at radius 3 is 2.65 bits per heavy atom. The molecule has 7 heteroatoms. The van der Waals surface area contributed by atoms with Crippen molar-refractivity contribution < 1.29 is 8.42 Å². The lowest BCUT2D eigenvalue weighted by Gasteiger charge is -2.06. The number of sulfonamides is 1. The van der Waals surface area contributed by atoms with Crippen molar-refractivity contribution in [3.8, 4) is 0 Å². The van der Waals surface area contributed by atoms with E-state index < -0.39 is 10.0 Å². The van der Waals surface area contributed by atoms with Gasteiger partial charge >= 0.3 is 0 Å². The molecular weight excluding hydrogens is 276 g/mol. The fourth-order valence-corrected chi connectivity index (χ4v) is 2.70. The van der Waals surface area contributed by atoms with Gasteiger partial charge in [0.1, 0.15) is 4.90 Å². The molecule has 20 heavy (non-hydrogen) atoms. The molecule has 0 atom stereocenters. The number of aromatic amines is 1. The first kappa shape index (κ1) is 14.5. The molecule has 0 amide bonds. The topological polar surface area (TPSA) is 86.9 Å². The molecule has 0 aliphatic carbocycles. The van der Waals surface area contributed by atoms with E-state index in [1.165, 1.54) is 18.6 Å². The number of hydrogen-bond acceptors (Lipinski definition) is 4. The van der Waals surface area contributed by atoms with Crippen LogP contribution in [0.1, 0.15) is 19.5 Å². The van der Waals surface area contributed by atoms with Crippen LogP contribution >= 0.6 is 0 Å². The van der Waals surface area contributed by atoms with Crippen LogP contribution in [0.5, 0.6) is 0 Å². The number of aromatic nitrogens is 2. The van der Waals surface area contributed by atoms with E-state index in [2.05, 4.69) is 20.0 Å². The highest BCUT2D eigenvalue weighted by Crippen LogP contribution is 2.16. The first-order valence-electron chi connectivity index (χ1n) is 6.31. The monoisotopic (exact) mass is 294 g/mol. The standard InChI is InChI=1S/C13H18N4O2S/c1-10(2)15-8-12-7-13(9-16-12)20(18,19)17-11-3-5-14-6-4-11/h3-7,9-10,15-16H,8H2,1-2H3,(H,14,17). The van der Waals surface area contributed by atoms with Crippen molar-refractivity contribution in [1.29, 1.82) is 0 Å². The SMILES string of the molecule is CC(C)NCc1cc(S(=O)(=O)Nc2ccncc2)c[nH]1. The Hall–Kier alpha value is -1.86. The summed E-state index contributed by atoms with van der Waals surface area (Å²) in [6, 6.07) is 5.17. The Morgan fingerprint density at radius 2 is 2.00 bits per heavy atom. The van der Waals surface area contributed by atoms with Crippen molar-refractivity contribution in [2.45, 2.75) is 31.3 Å². The van der Waals surface area contributed by atoms with Gasteiger partial charge in [-0.05, 0) is 18.2 Å². The van der Waals surface area contributed by atoms with Crippen LogP contribution in [0.25, 0.3) is 0 Å². The summed E-state index contributed by atoms with van der Waals surface area (Å²) in [5.74, 6) is 0. The minimum absolute atomic E-state index is 0.217. The van der Waals surface area contributed by atoms with Crippen LogP contribution in [0, 0.1) is 0 Å². The summed E-state index contributed by atoms with van der Waals surface area (Å²) in [6.07, 6.45) is 4.56. The average Bonchev–Trinajstić information content (AvgIpc) is 2.86. The Labute approximate surface area is 118 Å². The van der Waals surface area contributed by atoms with Gasteiger partial charge in [-0.2, -0.15) is 0 Å². The fraction of sp³-hybridized carbons (Fsp3) is 0.308. The summed E-state index contributed by atoms with van der Waals surface area (Å²) in [4.78, 5) is 7.02. The smallest absolute Gasteiger partial charge is 0.263 e. The van der Waals surface area contributed by atoms with E-state index in [0.717, 1.165) is 5.69 Å². The van der Waals surface area contributed by atoms with Gasteiger partial charge in [0.2, 0.25) is 0 Å². The zero-order valence-corrected chi connectivity index (χ0v) is 12.2. The van der Waals surface area contributed by atoms with Gasteiger partial charge in [0.05, 0.1) is 5.69 Å². The molecule has 0 aliphatic heterocycles. The molecule has 2 rings (SSSR count). The molecule has 0 unspecified atom stereocenters. The third-order valence-corrected chi connectivity index (χ3v) is 4.02. The van der Waals surface area contributed by atoms with Crippen LogP contribution in [-0.4, -0.2) is 24.4 Å². The summed E-state index contributed by atoms with van der Waals surface area (Å²) in [5, 5.41) is 3.22. The molecule has 0 spiro atoms. The highest BCUT2D eigenvalue weighted by atomic mass is 32.2. The van der Waals surface area contributed by atoms with E-state index in [-0.39, 0.29) is 4.90 Å². The highest BCUT2D eigenvalue weighted by Gasteiger charge is 2.16. The van der Waals surface area contributed by atoms with Crippen LogP contribution in [0.15, 0.2) is 41.7 Å². The predicted octanol–water partition coefficient (Wildman–Crippen LogP) is 1.71. The molecule has 0 fully saturated rings. The van der Waals surface area contributed by atoms with Gasteiger partial charge in [-0.1, -0.05) is 13.8 Å². The second-order valence-corrected chi connectivity index (χ2v) is 6.42. The first-order chi connectivity index (χ1) is 9.47. The Morgan fingerprint density at radius 1 is 1.30 bits per heavy atom. The molecule has 2 heterocycles. The van der Waals surface area contributed by atoms with E-state index in [9.17, 15) is 8.42 Å². The molecule has 6 nitrogen and oxygen atoms in total. The molecule has 0 aliphatic rings. The van der Waals surface area contributed by atoms with E-state index in [1.54, 1.807) is 18.2 Å². The van der Waals surface area contributed by atoms with Crippen molar-refractivity contribution in [3.63, 3.8) is 0 Å². The maximum Gasteiger partial charge on any atom is 0.263 e. The van der Waals surface area contributed by atoms with Crippen LogP contribution < -0.4 is 10.0 Å². The van der Waals surface area contributed by atoms with E-state index in [4.69, 9.17) is 0 Å². The maximum atomic E-state index is 12.2. The normalized spacial score (nSPS) is 11.8. The molecule has 2 aromatic heterocycles. The molecule has 0 radical (unpaired) electrons. The number of hydrogen-bond donors (Lipinski definition) is 3. The van der Waals surface area contributed by atoms with Gasteiger partial charge < -0.3 is 10.3 Å². The predicted molar refractivity (Wildman–Crippen MR) is 77.8 cm³/mol. The van der Waals surface area contributed by atoms with Crippen molar-refractivity contribution >= 4 is 15.7 Å². The van der Waals surface area contributed by atoms with Crippen molar-refractivity contribution in [2.24, 2.45) is 0 Å². The van der Waals surface area contributed by atoms with Gasteiger partial charge in [0.15, 0.2) is 0 Å². The van der Waals surface area contributed by atoms with Gasteiger partial charge in [-0.25, -0.2) is 8.42 Å². The van der Waals surface area contributed by atoms with E-state index in [1.807, 2.05) is 13.8 Å². The molecular formula is C13H18N4O2S. The fourth-order valence-electron chi connectivity index (χ4n) is 1.62. The minimum atomic E-state index is -3.57. The number of anilines is 1. The van der Waals surface area contributed by atoms with Crippen molar-refractivity contribution in [2.75, 3.05) is 4.72 Å². The quantitative estimate of drug-likeness (QED) is 0.757. The lowest BCUT2D eigenvalue weighted by Crippen LogP contribution is -2.21. The lowest BCUT2D eigenvalue weighted by atomic mass is 10.3. The number of nitrogens with one attached hydrogen (secondary N) is 3. The van der Waals surface area contributed by atoms with Crippen LogP contribution in [-0.2, 0) is 16.6 Å². The van der Waals surface area contributed by atoms with Gasteiger partial charge in [-0.3, -0.25) is 9.71 Å². The third kappa shape index (κ3) is 3.82. The van der Waals surface area contributed by atoms with Gasteiger partial charge in [-0.15, -0.1) is 0 Å². The molecule has 3 N–H and O–H groups in total. The van der Waals surface area contributed by atoms with Crippen LogP contribution in [0.4, 0.5) is 5.69 Å². The average molecular weight is 294 g/mol. The summed E-state index contributed by atoms with van der Waals surface area (Å²) in [7, 11) is -3.57. The summed E-state index contributed by atoms with van der Waals surface area (Å²) in [6.45, 7) is 4.67. The number of H-pyrrole nitrogens is 1. The van der Waals surface area contributed by atoms with Crippen LogP contribution in [0.3, 0.4) is 0 Å². The molecule has 2 aromatic rings. The first-order valence-corrected chi connectivity index (χ1v) is 7.79. The Bertz CT molecular complexity index is 650. The molecule has 0 saturated heterocycles. The van der Waals surface area contributed by atoms with Gasteiger partial charge in [0.25, 0.3) is 10.0 Å². The zero-order valence-electron chi connectivity index (χ0n) is 11.4. The largest absolute Gasteiger partial charge is 0.363 e. The molecule has 0 bridgehead atoms. The van der Waals surface area contributed by atoms with Crippen molar-refractivity contribution in [3.05, 3.63) is 42.5 Å². The van der Waals surface area contributed by atoms with Gasteiger partial charge in [0, 0.05) is 36.9 Å². The summed E-state index contributed by atoms with van der Waals surface area (Å²) < 4.78 is 26.9. The summed E-state index contributed by atoms with van der Waals surface area (Å²) >= 11 is 0. The Balaban J connectivity index is 2.10.